The molecule has 3 unspecified atom stereocenters. The van der Waals surface area contributed by atoms with E-state index in [1.165, 1.54) is 11.2 Å². The molecule has 0 N–H and O–H groups in total. The molecule has 268 valence electrons. The van der Waals surface area contributed by atoms with E-state index in [1.807, 2.05) is 42.5 Å². The van der Waals surface area contributed by atoms with Crippen LogP contribution >= 0.6 is 45.8 Å². The zero-order valence-electron chi connectivity index (χ0n) is 28.0. The Morgan fingerprint density at radius 2 is 1.76 bits per heavy atom. The number of anilines is 3. The number of halogens is 3. The molecule has 3 aromatic carbocycles. The van der Waals surface area contributed by atoms with Gasteiger partial charge < -0.3 is 28.9 Å². The first-order chi connectivity index (χ1) is 24.7. The van der Waals surface area contributed by atoms with Crippen LogP contribution in [0.2, 0.25) is 10.0 Å². The fraction of sp³-hybridized carbons (Fsp3) is 0.389. The summed E-state index contributed by atoms with van der Waals surface area (Å²) in [5.74, 6) is -0.619. The maximum Gasteiger partial charge on any atom is 0.331 e. The smallest absolute Gasteiger partial charge is 0.331 e. The molecule has 0 saturated carbocycles. The number of carbonyl (C=O) groups excluding carboxylic acids is 2. The average Bonchev–Trinajstić information content (AvgIpc) is 3.86. The number of nitrogens with zero attached hydrogens (tertiary/aromatic N) is 7. The molecule has 3 atom stereocenters. The quantitative estimate of drug-likeness (QED) is 0.0677. The third-order valence-electron chi connectivity index (χ3n) is 9.25. The Morgan fingerprint density at radius 1 is 1.00 bits per heavy atom. The second-order valence-corrected chi connectivity index (χ2v) is 15.0. The van der Waals surface area contributed by atoms with Crippen LogP contribution in [0.25, 0.3) is 0 Å². The number of aromatic nitrogens is 3. The number of ether oxygens (including phenoxy) is 3. The van der Waals surface area contributed by atoms with Crippen molar-refractivity contribution in [1.82, 2.24) is 19.7 Å². The van der Waals surface area contributed by atoms with E-state index in [9.17, 15) is 9.59 Å². The number of amides is 3. The minimum Gasteiger partial charge on any atom is -0.491 e. The van der Waals surface area contributed by atoms with Crippen LogP contribution in [0.15, 0.2) is 79.4 Å². The number of rotatable bonds is 12. The molecule has 3 aliphatic heterocycles. The zero-order chi connectivity index (χ0) is 35.5. The molecule has 7 rings (SSSR count). The Labute approximate surface area is 320 Å². The van der Waals surface area contributed by atoms with E-state index in [0.717, 1.165) is 49.6 Å². The number of imide groups is 1. The van der Waals surface area contributed by atoms with E-state index in [2.05, 4.69) is 61.5 Å². The van der Waals surface area contributed by atoms with Crippen molar-refractivity contribution < 1.29 is 23.8 Å². The summed E-state index contributed by atoms with van der Waals surface area (Å²) >= 11 is 15.2. The van der Waals surface area contributed by atoms with Crippen LogP contribution in [-0.2, 0) is 26.6 Å². The largest absolute Gasteiger partial charge is 0.491 e. The molecule has 3 aliphatic rings. The van der Waals surface area contributed by atoms with Crippen molar-refractivity contribution in [2.45, 2.75) is 42.2 Å². The van der Waals surface area contributed by atoms with Gasteiger partial charge in [-0.1, -0.05) is 65.2 Å². The van der Waals surface area contributed by atoms with Crippen LogP contribution < -0.4 is 19.4 Å². The maximum atomic E-state index is 12.9. The molecule has 0 radical (unpaired) electrons. The highest BCUT2D eigenvalue weighted by Gasteiger charge is 2.46. The van der Waals surface area contributed by atoms with Gasteiger partial charge in [0, 0.05) is 48.1 Å². The van der Waals surface area contributed by atoms with E-state index in [-0.39, 0.29) is 41.8 Å². The summed E-state index contributed by atoms with van der Waals surface area (Å²) in [5, 5.41) is 5.19. The molecular weight excluding hydrogens is 808 g/mol. The van der Waals surface area contributed by atoms with Gasteiger partial charge in [0.2, 0.25) is 5.79 Å². The molecule has 4 aromatic rings. The lowest BCUT2D eigenvalue weighted by molar-refractivity contribution is -0.190. The molecule has 4 heterocycles. The van der Waals surface area contributed by atoms with Crippen molar-refractivity contribution in [2.24, 2.45) is 0 Å². The van der Waals surface area contributed by atoms with E-state index in [0.29, 0.717) is 34.4 Å². The van der Waals surface area contributed by atoms with Gasteiger partial charge in [0.1, 0.15) is 44.2 Å². The van der Waals surface area contributed by atoms with E-state index < -0.39 is 5.79 Å². The molecule has 15 heteroatoms. The molecular formula is C36H38Cl2IN7O5. The minimum absolute atomic E-state index is 0.141. The van der Waals surface area contributed by atoms with Gasteiger partial charge >= 0.3 is 6.03 Å². The summed E-state index contributed by atoms with van der Waals surface area (Å²) in [7, 11) is 0. The standard InChI is InChI=1S/C36H38Cl2IN7O5/c1-2-3-14-43-19-34(47)46(35(43)48)28-7-5-27(6-8-28)45-16-15-42(18-33(45)39)26-9-11-29(12-10-26)49-20-30-21-50-36(51-30,22-44-24-40-23-41-44)31-13-4-25(37)17-32(31)38/h4-13,17,23-24,30,33H,2-3,14-16,18-22H2,1H3. The lowest BCUT2D eigenvalue weighted by atomic mass is 10.1. The molecule has 1 aromatic heterocycles. The van der Waals surface area contributed by atoms with Gasteiger partial charge in [-0.3, -0.25) is 4.79 Å². The van der Waals surface area contributed by atoms with Crippen LogP contribution in [0.1, 0.15) is 25.3 Å². The van der Waals surface area contributed by atoms with Gasteiger partial charge in [0.25, 0.3) is 5.91 Å². The van der Waals surface area contributed by atoms with Crippen LogP contribution in [-0.4, -0.2) is 87.7 Å². The average molecular weight is 847 g/mol. The third kappa shape index (κ3) is 7.77. The van der Waals surface area contributed by atoms with Crippen molar-refractivity contribution in [1.29, 1.82) is 0 Å². The SMILES string of the molecule is CCCCN1CC(=O)N(c2ccc(N3CCN(c4ccc(OCC5COC(Cn6cncn6)(c6ccc(Cl)cc6Cl)O5)cc4)CC3I)cc2)C1=O. The molecule has 3 amide bonds. The van der Waals surface area contributed by atoms with Crippen LogP contribution in [0, 0.1) is 0 Å². The Hall–Kier alpha value is -3.63. The number of carbonyl (C=O) groups is 2. The van der Waals surface area contributed by atoms with E-state index in [1.54, 1.807) is 28.0 Å². The van der Waals surface area contributed by atoms with Gasteiger partial charge in [-0.2, -0.15) is 5.10 Å². The van der Waals surface area contributed by atoms with Gasteiger partial charge in [0.05, 0.1) is 21.4 Å². The maximum absolute atomic E-state index is 12.9. The normalized spacial score (nSPS) is 22.4. The van der Waals surface area contributed by atoms with Crippen LogP contribution in [0.4, 0.5) is 21.9 Å². The first-order valence-electron chi connectivity index (χ1n) is 16.9. The van der Waals surface area contributed by atoms with Gasteiger partial charge in [-0.15, -0.1) is 0 Å². The lowest BCUT2D eigenvalue weighted by Gasteiger charge is -2.41. The Bertz CT molecular complexity index is 1830. The highest BCUT2D eigenvalue weighted by Crippen LogP contribution is 2.40. The highest BCUT2D eigenvalue weighted by atomic mass is 127. The van der Waals surface area contributed by atoms with Gasteiger partial charge in [-0.05, 0) is 67.1 Å². The molecule has 12 nitrogen and oxygen atoms in total. The van der Waals surface area contributed by atoms with Gasteiger partial charge in [0.15, 0.2) is 0 Å². The highest BCUT2D eigenvalue weighted by molar-refractivity contribution is 14.1. The zero-order valence-corrected chi connectivity index (χ0v) is 31.7. The molecule has 3 fully saturated rings. The van der Waals surface area contributed by atoms with Crippen molar-refractivity contribution >= 4 is 74.8 Å². The number of urea groups is 1. The third-order valence-corrected chi connectivity index (χ3v) is 10.9. The topological polar surface area (TPSA) is 106 Å². The van der Waals surface area contributed by atoms with Crippen molar-refractivity contribution in [3.8, 4) is 5.75 Å². The molecule has 0 aliphatic carbocycles. The van der Waals surface area contributed by atoms with E-state index >= 15 is 0 Å². The Balaban J connectivity index is 0.929. The molecule has 0 spiro atoms. The number of piperazine rings is 1. The molecule has 3 saturated heterocycles. The Morgan fingerprint density at radius 3 is 2.47 bits per heavy atom. The summed E-state index contributed by atoms with van der Waals surface area (Å²) in [4.78, 5) is 37.2. The fourth-order valence-electron chi connectivity index (χ4n) is 6.61. The number of benzene rings is 3. The first-order valence-corrected chi connectivity index (χ1v) is 18.9. The summed E-state index contributed by atoms with van der Waals surface area (Å²) in [6.45, 7) is 6.16. The predicted molar refractivity (Wildman–Crippen MR) is 204 cm³/mol. The molecule has 0 bridgehead atoms. The number of alkyl halides is 1. The Kier molecular flexibility index (Phi) is 10.9. The minimum atomic E-state index is -1.17. The number of hydrogen-bond donors (Lipinski definition) is 0. The van der Waals surface area contributed by atoms with Crippen molar-refractivity contribution in [2.75, 3.05) is 60.6 Å². The van der Waals surface area contributed by atoms with Crippen molar-refractivity contribution in [3.63, 3.8) is 0 Å². The summed E-state index contributed by atoms with van der Waals surface area (Å²) < 4.78 is 20.8. The van der Waals surface area contributed by atoms with Crippen LogP contribution in [0.5, 0.6) is 5.75 Å². The van der Waals surface area contributed by atoms with Gasteiger partial charge in [-0.25, -0.2) is 19.4 Å². The lowest BCUT2D eigenvalue weighted by Crippen LogP contribution is -2.50. The predicted octanol–water partition coefficient (Wildman–Crippen LogP) is 6.59. The monoisotopic (exact) mass is 845 g/mol. The summed E-state index contributed by atoms with van der Waals surface area (Å²) in [6, 6.07) is 20.8. The summed E-state index contributed by atoms with van der Waals surface area (Å²) in [5.41, 5.74) is 3.45. The molecule has 51 heavy (non-hydrogen) atoms. The number of unbranched alkanes of at least 4 members (excludes halogenated alkanes) is 1. The second-order valence-electron chi connectivity index (χ2n) is 12.7. The fourth-order valence-corrected chi connectivity index (χ4v) is 8.24. The second kappa shape index (κ2) is 15.5. The van der Waals surface area contributed by atoms with Crippen LogP contribution in [0.3, 0.4) is 0 Å². The number of hydrogen-bond acceptors (Lipinski definition) is 9. The first kappa shape index (κ1) is 35.8. The van der Waals surface area contributed by atoms with E-state index in [4.69, 9.17) is 37.4 Å². The van der Waals surface area contributed by atoms with Crippen molar-refractivity contribution in [3.05, 3.63) is 95.0 Å². The summed E-state index contributed by atoms with van der Waals surface area (Å²) in [6.07, 6.45) is 4.57.